The number of nitrogens with zero attached hydrogens (tertiary/aromatic N) is 3. The van der Waals surface area contributed by atoms with E-state index in [1.165, 1.54) is 5.56 Å². The van der Waals surface area contributed by atoms with Crippen LogP contribution in [0, 0.1) is 6.92 Å². The Hall–Kier alpha value is -1.07. The summed E-state index contributed by atoms with van der Waals surface area (Å²) in [4.78, 5) is 2.26. The second kappa shape index (κ2) is 5.71. The molecule has 5 nitrogen and oxygen atoms in total. The Morgan fingerprint density at radius 2 is 2.28 bits per heavy atom. The van der Waals surface area contributed by atoms with Gasteiger partial charge in [0.2, 0.25) is 0 Å². The molecule has 102 valence electrons. The molecule has 1 unspecified atom stereocenters. The number of aliphatic hydroxyl groups excluding tert-OH is 1. The van der Waals surface area contributed by atoms with Crippen LogP contribution in [-0.2, 0) is 13.6 Å². The van der Waals surface area contributed by atoms with Gasteiger partial charge in [0.15, 0.2) is 0 Å². The van der Waals surface area contributed by atoms with Crippen LogP contribution >= 0.6 is 0 Å². The average Bonchev–Trinajstić information content (AvgIpc) is 2.61. The number of hydrogen-bond donors (Lipinski definition) is 2. The maximum absolute atomic E-state index is 9.82. The van der Waals surface area contributed by atoms with Gasteiger partial charge in [-0.25, -0.2) is 0 Å². The molecule has 0 bridgehead atoms. The molecular weight excluding hydrogens is 228 g/mol. The first-order chi connectivity index (χ1) is 8.63. The van der Waals surface area contributed by atoms with Crippen LogP contribution < -0.4 is 10.2 Å². The molecule has 2 heterocycles. The molecule has 0 saturated carbocycles. The molecule has 2 N–H and O–H groups in total. The van der Waals surface area contributed by atoms with Gasteiger partial charge < -0.3 is 15.3 Å². The highest BCUT2D eigenvalue weighted by molar-refractivity contribution is 5.50. The van der Waals surface area contributed by atoms with Crippen molar-refractivity contribution in [3.63, 3.8) is 0 Å². The van der Waals surface area contributed by atoms with Gasteiger partial charge in [0.1, 0.15) is 5.82 Å². The number of aromatic nitrogens is 2. The van der Waals surface area contributed by atoms with Gasteiger partial charge in [0.25, 0.3) is 0 Å². The molecule has 0 aromatic carbocycles. The molecule has 5 heteroatoms. The van der Waals surface area contributed by atoms with E-state index in [0.717, 1.165) is 50.5 Å². The molecule has 18 heavy (non-hydrogen) atoms. The third-order valence-electron chi connectivity index (χ3n) is 3.56. The van der Waals surface area contributed by atoms with Gasteiger partial charge >= 0.3 is 0 Å². The summed E-state index contributed by atoms with van der Waals surface area (Å²) in [5, 5.41) is 17.7. The lowest BCUT2D eigenvalue weighted by molar-refractivity contribution is 0.153. The number of aryl methyl sites for hydroxylation is 2. The van der Waals surface area contributed by atoms with Crippen molar-refractivity contribution in [3.8, 4) is 0 Å². The van der Waals surface area contributed by atoms with Crippen molar-refractivity contribution >= 4 is 5.82 Å². The van der Waals surface area contributed by atoms with Gasteiger partial charge in [-0.05, 0) is 26.3 Å². The van der Waals surface area contributed by atoms with Crippen LogP contribution in [0.25, 0.3) is 0 Å². The van der Waals surface area contributed by atoms with Gasteiger partial charge in [-0.3, -0.25) is 4.68 Å². The van der Waals surface area contributed by atoms with Gasteiger partial charge in [-0.15, -0.1) is 0 Å². The third kappa shape index (κ3) is 2.67. The fraction of sp³-hybridized carbons (Fsp3) is 0.769. The minimum atomic E-state index is -0.207. The number of hydrogen-bond acceptors (Lipinski definition) is 4. The predicted molar refractivity (Wildman–Crippen MR) is 72.8 cm³/mol. The van der Waals surface area contributed by atoms with Gasteiger partial charge in [0.05, 0.1) is 11.8 Å². The van der Waals surface area contributed by atoms with Crippen molar-refractivity contribution < 1.29 is 5.11 Å². The second-order valence-corrected chi connectivity index (χ2v) is 5.03. The smallest absolute Gasteiger partial charge is 0.131 e. The maximum atomic E-state index is 9.82. The fourth-order valence-electron chi connectivity index (χ4n) is 2.69. The van der Waals surface area contributed by atoms with Crippen molar-refractivity contribution in [2.45, 2.75) is 39.3 Å². The molecule has 0 spiro atoms. The van der Waals surface area contributed by atoms with Crippen molar-refractivity contribution in [2.24, 2.45) is 7.05 Å². The van der Waals surface area contributed by atoms with Gasteiger partial charge in [0, 0.05) is 32.2 Å². The number of aliphatic hydroxyl groups is 1. The molecule has 1 atom stereocenters. The molecular formula is C13H24N4O. The van der Waals surface area contributed by atoms with Crippen molar-refractivity contribution in [2.75, 3.05) is 24.5 Å². The summed E-state index contributed by atoms with van der Waals surface area (Å²) >= 11 is 0. The highest BCUT2D eigenvalue weighted by atomic mass is 16.3. The third-order valence-corrected chi connectivity index (χ3v) is 3.56. The quantitative estimate of drug-likeness (QED) is 0.832. The fourth-order valence-corrected chi connectivity index (χ4v) is 2.69. The van der Waals surface area contributed by atoms with Crippen LogP contribution in [0.4, 0.5) is 5.82 Å². The van der Waals surface area contributed by atoms with E-state index in [9.17, 15) is 5.11 Å². The lowest BCUT2D eigenvalue weighted by Gasteiger charge is -2.32. The van der Waals surface area contributed by atoms with E-state index < -0.39 is 0 Å². The standard InChI is InChI=1S/C13H24N4O/c1-4-14-8-12-10(2)15-16(3)13(12)17-7-5-6-11(18)9-17/h11,14,18H,4-9H2,1-3H3. The molecule has 0 radical (unpaired) electrons. The Morgan fingerprint density at radius 3 is 2.94 bits per heavy atom. The van der Waals surface area contributed by atoms with Crippen LogP contribution in [0.2, 0.25) is 0 Å². The van der Waals surface area contributed by atoms with Crippen LogP contribution in [0.5, 0.6) is 0 Å². The van der Waals surface area contributed by atoms with Crippen molar-refractivity contribution in [1.29, 1.82) is 0 Å². The summed E-state index contributed by atoms with van der Waals surface area (Å²) in [5.74, 6) is 1.16. The molecule has 1 aliphatic heterocycles. The van der Waals surface area contributed by atoms with Crippen LogP contribution in [0.1, 0.15) is 31.0 Å². The average molecular weight is 252 g/mol. The summed E-state index contributed by atoms with van der Waals surface area (Å²) in [5.41, 5.74) is 2.34. The summed E-state index contributed by atoms with van der Waals surface area (Å²) in [6.45, 7) is 7.69. The number of nitrogens with one attached hydrogen (secondary N) is 1. The summed E-state index contributed by atoms with van der Waals surface area (Å²) < 4.78 is 1.94. The molecule has 1 aromatic rings. The number of piperidine rings is 1. The lowest BCUT2D eigenvalue weighted by Crippen LogP contribution is -2.40. The van der Waals surface area contributed by atoms with E-state index in [4.69, 9.17) is 0 Å². The normalized spacial score (nSPS) is 20.4. The Labute approximate surface area is 109 Å². The summed E-state index contributed by atoms with van der Waals surface area (Å²) in [6, 6.07) is 0. The van der Waals surface area contributed by atoms with Gasteiger partial charge in [-0.2, -0.15) is 5.10 Å². The second-order valence-electron chi connectivity index (χ2n) is 5.03. The number of anilines is 1. The zero-order chi connectivity index (χ0) is 13.1. The SMILES string of the molecule is CCNCc1c(C)nn(C)c1N1CCCC(O)C1. The van der Waals surface area contributed by atoms with Crippen LogP contribution in [-0.4, -0.2) is 40.6 Å². The molecule has 0 amide bonds. The minimum absolute atomic E-state index is 0.207. The number of rotatable bonds is 4. The largest absolute Gasteiger partial charge is 0.391 e. The summed E-state index contributed by atoms with van der Waals surface area (Å²) in [6.07, 6.45) is 1.75. The molecule has 1 fully saturated rings. The Balaban J connectivity index is 2.24. The van der Waals surface area contributed by atoms with E-state index >= 15 is 0 Å². The van der Waals surface area contributed by atoms with Gasteiger partial charge in [-0.1, -0.05) is 6.92 Å². The topological polar surface area (TPSA) is 53.3 Å². The Bertz CT molecular complexity index is 402. The monoisotopic (exact) mass is 252 g/mol. The van der Waals surface area contributed by atoms with Crippen LogP contribution in [0.3, 0.4) is 0 Å². The van der Waals surface area contributed by atoms with E-state index in [1.54, 1.807) is 0 Å². The predicted octanol–water partition coefficient (Wildman–Crippen LogP) is 0.799. The van der Waals surface area contributed by atoms with Crippen molar-refractivity contribution in [3.05, 3.63) is 11.3 Å². The van der Waals surface area contributed by atoms with E-state index in [1.807, 2.05) is 11.7 Å². The van der Waals surface area contributed by atoms with Crippen LogP contribution in [0.15, 0.2) is 0 Å². The van der Waals surface area contributed by atoms with E-state index in [-0.39, 0.29) is 6.10 Å². The highest BCUT2D eigenvalue weighted by Crippen LogP contribution is 2.26. The molecule has 1 aromatic heterocycles. The van der Waals surface area contributed by atoms with E-state index in [0.29, 0.717) is 0 Å². The summed E-state index contributed by atoms with van der Waals surface area (Å²) in [7, 11) is 1.98. The Morgan fingerprint density at radius 1 is 1.50 bits per heavy atom. The zero-order valence-electron chi connectivity index (χ0n) is 11.6. The first-order valence-corrected chi connectivity index (χ1v) is 6.79. The first-order valence-electron chi connectivity index (χ1n) is 6.79. The first kappa shape index (κ1) is 13.4. The van der Waals surface area contributed by atoms with E-state index in [2.05, 4.69) is 29.2 Å². The lowest BCUT2D eigenvalue weighted by atomic mass is 10.1. The molecule has 1 saturated heterocycles. The number of β-amino-alcohol motifs (C(OH)–C–C–N with tert-alkyl or cyclic N) is 1. The minimum Gasteiger partial charge on any atom is -0.391 e. The molecule has 2 rings (SSSR count). The van der Waals surface area contributed by atoms with Crippen molar-refractivity contribution in [1.82, 2.24) is 15.1 Å². The maximum Gasteiger partial charge on any atom is 0.131 e. The zero-order valence-corrected chi connectivity index (χ0v) is 11.6. The molecule has 0 aliphatic carbocycles. The Kier molecular flexibility index (Phi) is 4.24. The molecule has 1 aliphatic rings. The highest BCUT2D eigenvalue weighted by Gasteiger charge is 2.24.